The minimum Gasteiger partial charge on any atom is -0.497 e. The second-order valence-electron chi connectivity index (χ2n) is 8.70. The molecule has 8 heteroatoms. The van der Waals surface area contributed by atoms with Crippen LogP contribution in [0.3, 0.4) is 0 Å². The molecular formula is C23H28FN5O2. The Hall–Kier alpha value is -2.74. The predicted octanol–water partition coefficient (Wildman–Crippen LogP) is 4.02. The van der Waals surface area contributed by atoms with Gasteiger partial charge < -0.3 is 19.5 Å². The molecule has 0 unspecified atom stereocenters. The normalized spacial score (nSPS) is 17.5. The van der Waals surface area contributed by atoms with E-state index in [1.165, 1.54) is 26.0 Å². The maximum absolute atomic E-state index is 14.9. The first-order valence-corrected chi connectivity index (χ1v) is 11.0. The molecule has 0 atom stereocenters. The first kappa shape index (κ1) is 20.2. The number of rotatable bonds is 6. The molecule has 1 aliphatic heterocycles. The minimum absolute atomic E-state index is 0.335. The molecule has 1 aliphatic carbocycles. The van der Waals surface area contributed by atoms with Crippen molar-refractivity contribution in [2.24, 2.45) is 5.92 Å². The van der Waals surface area contributed by atoms with Gasteiger partial charge in [-0.1, -0.05) is 5.16 Å². The fourth-order valence-electron chi connectivity index (χ4n) is 4.39. The molecule has 0 radical (unpaired) electrons. The zero-order valence-electron chi connectivity index (χ0n) is 18.2. The fraction of sp³-hybridized carbons (Fsp3) is 0.522. The van der Waals surface area contributed by atoms with Crippen LogP contribution in [0.4, 0.5) is 10.2 Å². The number of pyridine rings is 1. The van der Waals surface area contributed by atoms with E-state index in [1.807, 2.05) is 13.0 Å². The molecule has 5 rings (SSSR count). The second kappa shape index (κ2) is 8.07. The van der Waals surface area contributed by atoms with Crippen LogP contribution in [0.2, 0.25) is 0 Å². The standard InChI is InChI=1S/C23H28FN5O2/c1-13-18-10-17(30-3)11-19(24)21(18)27-22(20(13)23-26-14(2)28-31-23)29-8-6-16(7-9-29)25-12-15-4-5-15/h10-11,15-16,25H,4-9,12H2,1-3H3. The Morgan fingerprint density at radius 3 is 2.58 bits per heavy atom. The first-order valence-electron chi connectivity index (χ1n) is 11.0. The molecule has 3 heterocycles. The highest BCUT2D eigenvalue weighted by molar-refractivity contribution is 5.93. The van der Waals surface area contributed by atoms with Gasteiger partial charge in [0, 0.05) is 30.6 Å². The van der Waals surface area contributed by atoms with Crippen molar-refractivity contribution in [3.05, 3.63) is 29.3 Å². The zero-order valence-corrected chi connectivity index (χ0v) is 18.2. The molecule has 3 aromatic rings. The first-order chi connectivity index (χ1) is 15.0. The molecule has 0 amide bonds. The Bertz CT molecular complexity index is 1100. The molecule has 1 saturated carbocycles. The number of ether oxygens (including phenoxy) is 1. The molecule has 2 fully saturated rings. The minimum atomic E-state index is -0.395. The molecule has 1 N–H and O–H groups in total. The van der Waals surface area contributed by atoms with Crippen LogP contribution in [-0.2, 0) is 0 Å². The molecule has 31 heavy (non-hydrogen) atoms. The lowest BCUT2D eigenvalue weighted by Gasteiger charge is -2.34. The molecule has 2 aliphatic rings. The van der Waals surface area contributed by atoms with Crippen LogP contribution in [0.1, 0.15) is 37.1 Å². The summed E-state index contributed by atoms with van der Waals surface area (Å²) in [6.07, 6.45) is 4.77. The Kier molecular flexibility index (Phi) is 5.25. The smallest absolute Gasteiger partial charge is 0.261 e. The number of aryl methyl sites for hydroxylation is 2. The molecular weight excluding hydrogens is 397 g/mol. The Balaban J connectivity index is 1.53. The lowest BCUT2D eigenvalue weighted by molar-refractivity contribution is 0.406. The summed E-state index contributed by atoms with van der Waals surface area (Å²) < 4.78 is 25.7. The third kappa shape index (κ3) is 3.96. The number of aromatic nitrogens is 3. The Labute approximate surface area is 181 Å². The maximum Gasteiger partial charge on any atom is 0.261 e. The van der Waals surface area contributed by atoms with Gasteiger partial charge in [0.15, 0.2) is 11.6 Å². The van der Waals surface area contributed by atoms with Gasteiger partial charge in [0.05, 0.1) is 12.7 Å². The van der Waals surface area contributed by atoms with E-state index in [9.17, 15) is 4.39 Å². The molecule has 2 aromatic heterocycles. The van der Waals surface area contributed by atoms with Gasteiger partial charge in [0.25, 0.3) is 5.89 Å². The largest absolute Gasteiger partial charge is 0.497 e. The van der Waals surface area contributed by atoms with Crippen molar-refractivity contribution in [1.82, 2.24) is 20.4 Å². The van der Waals surface area contributed by atoms with Crippen LogP contribution in [0, 0.1) is 25.6 Å². The van der Waals surface area contributed by atoms with Gasteiger partial charge in [-0.05, 0) is 63.6 Å². The summed E-state index contributed by atoms with van der Waals surface area (Å²) >= 11 is 0. The number of fused-ring (bicyclic) bond motifs is 1. The summed E-state index contributed by atoms with van der Waals surface area (Å²) in [7, 11) is 1.53. The predicted molar refractivity (Wildman–Crippen MR) is 117 cm³/mol. The highest BCUT2D eigenvalue weighted by atomic mass is 19.1. The van der Waals surface area contributed by atoms with Crippen LogP contribution in [0.25, 0.3) is 22.4 Å². The average Bonchev–Trinajstić information content (AvgIpc) is 3.51. The molecule has 164 valence electrons. The SMILES string of the molecule is COc1cc(F)c2nc(N3CCC(NCC4CC4)CC3)c(-c3nc(C)no3)c(C)c2c1. The number of benzene rings is 1. The van der Waals surface area contributed by atoms with Gasteiger partial charge in [-0.15, -0.1) is 0 Å². The van der Waals surface area contributed by atoms with Gasteiger partial charge in [0.1, 0.15) is 17.1 Å². The third-order valence-corrected chi connectivity index (χ3v) is 6.42. The van der Waals surface area contributed by atoms with Crippen molar-refractivity contribution in [3.63, 3.8) is 0 Å². The zero-order chi connectivity index (χ0) is 21.5. The number of nitrogens with one attached hydrogen (secondary N) is 1. The third-order valence-electron chi connectivity index (χ3n) is 6.42. The summed E-state index contributed by atoms with van der Waals surface area (Å²) in [5, 5.41) is 8.36. The van der Waals surface area contributed by atoms with Gasteiger partial charge >= 0.3 is 0 Å². The number of methoxy groups -OCH3 is 1. The summed E-state index contributed by atoms with van der Waals surface area (Å²) in [6.45, 7) is 6.55. The summed E-state index contributed by atoms with van der Waals surface area (Å²) in [5.41, 5.74) is 1.96. The number of nitrogens with zero attached hydrogens (tertiary/aromatic N) is 4. The monoisotopic (exact) mass is 425 g/mol. The molecule has 7 nitrogen and oxygen atoms in total. The van der Waals surface area contributed by atoms with Crippen molar-refractivity contribution in [2.45, 2.75) is 45.6 Å². The fourth-order valence-corrected chi connectivity index (χ4v) is 4.39. The van der Waals surface area contributed by atoms with Gasteiger partial charge in [-0.2, -0.15) is 4.98 Å². The van der Waals surface area contributed by atoms with E-state index in [4.69, 9.17) is 14.2 Å². The van der Waals surface area contributed by atoms with Crippen molar-refractivity contribution in [1.29, 1.82) is 0 Å². The lowest BCUT2D eigenvalue weighted by Crippen LogP contribution is -2.43. The number of hydrogen-bond donors (Lipinski definition) is 1. The molecule has 1 saturated heterocycles. The van der Waals surface area contributed by atoms with Crippen molar-refractivity contribution < 1.29 is 13.7 Å². The average molecular weight is 426 g/mol. The van der Waals surface area contributed by atoms with E-state index < -0.39 is 5.82 Å². The molecule has 0 bridgehead atoms. The van der Waals surface area contributed by atoms with E-state index in [-0.39, 0.29) is 0 Å². The number of piperidine rings is 1. The van der Waals surface area contributed by atoms with Crippen molar-refractivity contribution in [2.75, 3.05) is 31.6 Å². The van der Waals surface area contributed by atoms with E-state index in [1.54, 1.807) is 6.92 Å². The van der Waals surface area contributed by atoms with Crippen molar-refractivity contribution in [3.8, 4) is 17.2 Å². The van der Waals surface area contributed by atoms with Crippen LogP contribution >= 0.6 is 0 Å². The van der Waals surface area contributed by atoms with Crippen LogP contribution in [-0.4, -0.2) is 47.9 Å². The summed E-state index contributed by atoms with van der Waals surface area (Å²) in [4.78, 5) is 11.5. The number of anilines is 1. The number of halogens is 1. The van der Waals surface area contributed by atoms with E-state index in [2.05, 4.69) is 20.4 Å². The highest BCUT2D eigenvalue weighted by Gasteiger charge is 2.29. The van der Waals surface area contributed by atoms with Crippen LogP contribution < -0.4 is 15.0 Å². The topological polar surface area (TPSA) is 76.3 Å². The quantitative estimate of drug-likeness (QED) is 0.639. The Morgan fingerprint density at radius 1 is 1.16 bits per heavy atom. The van der Waals surface area contributed by atoms with Crippen LogP contribution in [0.15, 0.2) is 16.7 Å². The van der Waals surface area contributed by atoms with Crippen LogP contribution in [0.5, 0.6) is 5.75 Å². The van der Waals surface area contributed by atoms with Gasteiger partial charge in [0.2, 0.25) is 0 Å². The molecule has 0 spiro atoms. The van der Waals surface area contributed by atoms with E-state index >= 15 is 0 Å². The second-order valence-corrected chi connectivity index (χ2v) is 8.70. The van der Waals surface area contributed by atoms with E-state index in [0.29, 0.717) is 40.2 Å². The molecule has 1 aromatic carbocycles. The lowest BCUT2D eigenvalue weighted by atomic mass is 10.00. The summed E-state index contributed by atoms with van der Waals surface area (Å²) in [6, 6.07) is 3.71. The van der Waals surface area contributed by atoms with Gasteiger partial charge in [-0.25, -0.2) is 9.37 Å². The highest BCUT2D eigenvalue weighted by Crippen LogP contribution is 2.39. The Morgan fingerprint density at radius 2 is 1.94 bits per heavy atom. The maximum atomic E-state index is 14.9. The van der Waals surface area contributed by atoms with E-state index in [0.717, 1.165) is 49.5 Å². The van der Waals surface area contributed by atoms with Crippen molar-refractivity contribution >= 4 is 16.7 Å². The number of hydrogen-bond acceptors (Lipinski definition) is 7. The van der Waals surface area contributed by atoms with Gasteiger partial charge in [-0.3, -0.25) is 0 Å². The summed E-state index contributed by atoms with van der Waals surface area (Å²) in [5.74, 6) is 2.61.